The zero-order valence-corrected chi connectivity index (χ0v) is 10.6. The molecule has 0 fully saturated rings. The van der Waals surface area contributed by atoms with E-state index in [0.717, 1.165) is 22.3 Å². The van der Waals surface area contributed by atoms with Gasteiger partial charge in [0.05, 0.1) is 0 Å². The van der Waals surface area contributed by atoms with Crippen LogP contribution in [0.5, 0.6) is 0 Å². The first-order chi connectivity index (χ1) is 8.09. The van der Waals surface area contributed by atoms with Crippen LogP contribution in [0.1, 0.15) is 33.9 Å². The molecule has 0 radical (unpaired) electrons. The molecule has 17 heavy (non-hydrogen) atoms. The molecule has 0 aliphatic rings. The minimum absolute atomic E-state index is 0.531. The van der Waals surface area contributed by atoms with Crippen LogP contribution in [0, 0.1) is 20.8 Å². The molecule has 2 aromatic rings. The molecule has 0 saturated carbocycles. The van der Waals surface area contributed by atoms with Crippen molar-refractivity contribution in [2.24, 2.45) is 0 Å². The van der Waals surface area contributed by atoms with Crippen molar-refractivity contribution in [2.75, 3.05) is 0 Å². The maximum Gasteiger partial charge on any atom is 0.105 e. The second-order valence-electron chi connectivity index (χ2n) is 4.62. The topological polar surface area (TPSA) is 20.2 Å². The van der Waals surface area contributed by atoms with Crippen LogP contribution in [0.25, 0.3) is 0 Å². The van der Waals surface area contributed by atoms with Crippen LogP contribution in [0.15, 0.2) is 42.5 Å². The van der Waals surface area contributed by atoms with Gasteiger partial charge in [0.25, 0.3) is 0 Å². The van der Waals surface area contributed by atoms with Gasteiger partial charge in [-0.25, -0.2) is 0 Å². The van der Waals surface area contributed by atoms with E-state index >= 15 is 0 Å². The first kappa shape index (κ1) is 11.9. The van der Waals surface area contributed by atoms with Gasteiger partial charge in [-0.1, -0.05) is 48.0 Å². The Hall–Kier alpha value is -1.60. The summed E-state index contributed by atoms with van der Waals surface area (Å²) < 4.78 is 0. The predicted molar refractivity (Wildman–Crippen MR) is 71.2 cm³/mol. The smallest absolute Gasteiger partial charge is 0.105 e. The summed E-state index contributed by atoms with van der Waals surface area (Å²) in [5, 5.41) is 10.4. The summed E-state index contributed by atoms with van der Waals surface area (Å²) in [6, 6.07) is 14.2. The Morgan fingerprint density at radius 3 is 1.88 bits per heavy atom. The number of aliphatic hydroxyl groups is 1. The molecule has 1 N–H and O–H groups in total. The molecule has 0 bridgehead atoms. The molecule has 1 heteroatoms. The van der Waals surface area contributed by atoms with Crippen molar-refractivity contribution in [2.45, 2.75) is 26.9 Å². The fourth-order valence-electron chi connectivity index (χ4n) is 2.17. The molecule has 1 nitrogen and oxygen atoms in total. The van der Waals surface area contributed by atoms with E-state index in [4.69, 9.17) is 0 Å². The van der Waals surface area contributed by atoms with Gasteiger partial charge in [0, 0.05) is 0 Å². The van der Waals surface area contributed by atoms with Crippen molar-refractivity contribution in [3.63, 3.8) is 0 Å². The first-order valence-corrected chi connectivity index (χ1v) is 5.90. The fourth-order valence-corrected chi connectivity index (χ4v) is 2.17. The third-order valence-electron chi connectivity index (χ3n) is 3.21. The largest absolute Gasteiger partial charge is 0.384 e. The standard InChI is InChI=1S/C16H18O/c1-11-7-9-14(10-8-11)16(17)15-12(2)5-4-6-13(15)3/h4-10,16-17H,1-3H3/t16-/m1/s1. The highest BCUT2D eigenvalue weighted by atomic mass is 16.3. The lowest BCUT2D eigenvalue weighted by Gasteiger charge is -2.17. The van der Waals surface area contributed by atoms with Crippen LogP contribution < -0.4 is 0 Å². The molecule has 0 saturated heterocycles. The van der Waals surface area contributed by atoms with Crippen molar-refractivity contribution in [3.8, 4) is 0 Å². The molecule has 0 aliphatic heterocycles. The van der Waals surface area contributed by atoms with Gasteiger partial charge in [-0.2, -0.15) is 0 Å². The van der Waals surface area contributed by atoms with Gasteiger partial charge in [0.2, 0.25) is 0 Å². The molecule has 0 aliphatic carbocycles. The molecule has 88 valence electrons. The number of hydrogen-bond acceptors (Lipinski definition) is 1. The van der Waals surface area contributed by atoms with E-state index in [1.54, 1.807) is 0 Å². The maximum atomic E-state index is 10.4. The number of hydrogen-bond donors (Lipinski definition) is 1. The van der Waals surface area contributed by atoms with E-state index in [-0.39, 0.29) is 0 Å². The highest BCUT2D eigenvalue weighted by molar-refractivity contribution is 5.40. The monoisotopic (exact) mass is 226 g/mol. The molecular weight excluding hydrogens is 208 g/mol. The molecule has 0 heterocycles. The van der Waals surface area contributed by atoms with E-state index < -0.39 is 6.10 Å². The molecule has 0 spiro atoms. The Bertz CT molecular complexity index is 491. The van der Waals surface area contributed by atoms with Gasteiger partial charge in [0.1, 0.15) is 6.10 Å². The number of aryl methyl sites for hydroxylation is 3. The van der Waals surface area contributed by atoms with Gasteiger partial charge in [-0.3, -0.25) is 0 Å². The van der Waals surface area contributed by atoms with Crippen LogP contribution in [-0.2, 0) is 0 Å². The Morgan fingerprint density at radius 2 is 1.35 bits per heavy atom. The van der Waals surface area contributed by atoms with Crippen LogP contribution in [0.2, 0.25) is 0 Å². The molecule has 2 aromatic carbocycles. The summed E-state index contributed by atoms with van der Waals surface area (Å²) in [7, 11) is 0. The van der Waals surface area contributed by atoms with Gasteiger partial charge in [0.15, 0.2) is 0 Å². The van der Waals surface area contributed by atoms with Crippen LogP contribution in [0.3, 0.4) is 0 Å². The summed E-state index contributed by atoms with van der Waals surface area (Å²) >= 11 is 0. The summed E-state index contributed by atoms with van der Waals surface area (Å²) in [5.41, 5.74) is 5.46. The summed E-state index contributed by atoms with van der Waals surface area (Å²) in [6.07, 6.45) is -0.531. The van der Waals surface area contributed by atoms with Crippen molar-refractivity contribution >= 4 is 0 Å². The number of aliphatic hydroxyl groups excluding tert-OH is 1. The van der Waals surface area contributed by atoms with E-state index in [1.165, 1.54) is 5.56 Å². The summed E-state index contributed by atoms with van der Waals surface area (Å²) in [6.45, 7) is 6.13. The zero-order valence-electron chi connectivity index (χ0n) is 10.6. The third-order valence-corrected chi connectivity index (χ3v) is 3.21. The zero-order chi connectivity index (χ0) is 12.4. The van der Waals surface area contributed by atoms with Crippen molar-refractivity contribution in [1.29, 1.82) is 0 Å². The molecule has 2 rings (SSSR count). The highest BCUT2D eigenvalue weighted by Crippen LogP contribution is 2.27. The van der Waals surface area contributed by atoms with Crippen molar-refractivity contribution in [1.82, 2.24) is 0 Å². The quantitative estimate of drug-likeness (QED) is 0.828. The Morgan fingerprint density at radius 1 is 0.824 bits per heavy atom. The molecule has 0 aromatic heterocycles. The average molecular weight is 226 g/mol. The molecular formula is C16H18O. The molecule has 0 amide bonds. The third kappa shape index (κ3) is 2.40. The lowest BCUT2D eigenvalue weighted by atomic mass is 9.93. The molecule has 0 unspecified atom stereocenters. The van der Waals surface area contributed by atoms with Crippen LogP contribution >= 0.6 is 0 Å². The lowest BCUT2D eigenvalue weighted by Crippen LogP contribution is -2.04. The predicted octanol–water partition coefficient (Wildman–Crippen LogP) is 3.69. The highest BCUT2D eigenvalue weighted by Gasteiger charge is 2.14. The maximum absolute atomic E-state index is 10.4. The number of benzene rings is 2. The second-order valence-corrected chi connectivity index (χ2v) is 4.62. The van der Waals surface area contributed by atoms with Crippen LogP contribution in [0.4, 0.5) is 0 Å². The summed E-state index contributed by atoms with van der Waals surface area (Å²) in [5.74, 6) is 0. The minimum Gasteiger partial charge on any atom is -0.384 e. The normalized spacial score (nSPS) is 12.5. The van der Waals surface area contributed by atoms with Gasteiger partial charge in [-0.15, -0.1) is 0 Å². The SMILES string of the molecule is Cc1ccc([C@@H](O)c2c(C)cccc2C)cc1. The molecule has 1 atom stereocenters. The van der Waals surface area contributed by atoms with E-state index in [1.807, 2.05) is 56.3 Å². The summed E-state index contributed by atoms with van der Waals surface area (Å²) in [4.78, 5) is 0. The van der Waals surface area contributed by atoms with Crippen LogP contribution in [-0.4, -0.2) is 5.11 Å². The lowest BCUT2D eigenvalue weighted by molar-refractivity contribution is 0.219. The van der Waals surface area contributed by atoms with Gasteiger partial charge < -0.3 is 5.11 Å². The second kappa shape index (κ2) is 4.72. The Kier molecular flexibility index (Phi) is 3.30. The average Bonchev–Trinajstić information content (AvgIpc) is 2.29. The first-order valence-electron chi connectivity index (χ1n) is 5.90. The van der Waals surface area contributed by atoms with Gasteiger partial charge in [-0.05, 0) is 43.0 Å². The van der Waals surface area contributed by atoms with E-state index in [0.29, 0.717) is 0 Å². The van der Waals surface area contributed by atoms with Crippen molar-refractivity contribution < 1.29 is 5.11 Å². The Balaban J connectivity index is 2.43. The van der Waals surface area contributed by atoms with Gasteiger partial charge >= 0.3 is 0 Å². The Labute approximate surface area is 103 Å². The van der Waals surface area contributed by atoms with E-state index in [9.17, 15) is 5.11 Å². The number of rotatable bonds is 2. The minimum atomic E-state index is -0.531. The van der Waals surface area contributed by atoms with Crippen molar-refractivity contribution in [3.05, 3.63) is 70.3 Å². The van der Waals surface area contributed by atoms with E-state index in [2.05, 4.69) is 6.92 Å². The fraction of sp³-hybridized carbons (Fsp3) is 0.250.